The van der Waals surface area contributed by atoms with Gasteiger partial charge in [-0.25, -0.2) is 0 Å². The number of hydrogen-bond acceptors (Lipinski definition) is 0. The second-order valence-corrected chi connectivity index (χ2v) is 9.78. The maximum atomic E-state index is 2.44. The summed E-state index contributed by atoms with van der Waals surface area (Å²) in [6.07, 6.45) is 0. The normalized spacial score (nSPS) is 11.7. The van der Waals surface area contributed by atoms with Crippen LogP contribution in [0, 0.1) is 0 Å². The van der Waals surface area contributed by atoms with Gasteiger partial charge in [-0.2, -0.15) is 0 Å². The van der Waals surface area contributed by atoms with Gasteiger partial charge in [-0.15, -0.1) is 0 Å². The molecule has 8 rings (SSSR count). The van der Waals surface area contributed by atoms with E-state index < -0.39 is 0 Å². The van der Waals surface area contributed by atoms with Gasteiger partial charge in [-0.3, -0.25) is 0 Å². The van der Waals surface area contributed by atoms with Crippen LogP contribution in [0.2, 0.25) is 0 Å². The highest BCUT2D eigenvalue weighted by atomic mass is 15.0. The Morgan fingerprint density at radius 2 is 0.974 bits per heavy atom. The van der Waals surface area contributed by atoms with Crippen molar-refractivity contribution in [1.82, 2.24) is 9.13 Å². The van der Waals surface area contributed by atoms with E-state index in [9.17, 15) is 0 Å². The first-order valence-electron chi connectivity index (χ1n) is 13.1. The van der Waals surface area contributed by atoms with Crippen LogP contribution < -0.4 is 0 Å². The minimum absolute atomic E-state index is 1.17. The highest BCUT2D eigenvalue weighted by Crippen LogP contribution is 2.42. The maximum absolute atomic E-state index is 2.44. The van der Waals surface area contributed by atoms with Gasteiger partial charge < -0.3 is 9.13 Å². The highest BCUT2D eigenvalue weighted by Gasteiger charge is 2.21. The maximum Gasteiger partial charge on any atom is 0.0641 e. The Balaban J connectivity index is 1.58. The van der Waals surface area contributed by atoms with Crippen molar-refractivity contribution in [2.24, 2.45) is 0 Å². The number of rotatable bonds is 3. The average molecular weight is 485 g/mol. The van der Waals surface area contributed by atoms with E-state index in [-0.39, 0.29) is 0 Å². The molecule has 6 aromatic carbocycles. The molecule has 0 amide bonds. The summed E-state index contributed by atoms with van der Waals surface area (Å²) in [6.45, 7) is 0. The summed E-state index contributed by atoms with van der Waals surface area (Å²) in [6, 6.07) is 52.3. The zero-order valence-corrected chi connectivity index (χ0v) is 20.8. The molecule has 0 radical (unpaired) electrons. The summed E-state index contributed by atoms with van der Waals surface area (Å²) < 4.78 is 4.88. The third kappa shape index (κ3) is 2.95. The summed E-state index contributed by atoms with van der Waals surface area (Å²) in [5.74, 6) is 0. The van der Waals surface area contributed by atoms with Crippen molar-refractivity contribution in [1.29, 1.82) is 0 Å². The van der Waals surface area contributed by atoms with Gasteiger partial charge in [0.1, 0.15) is 0 Å². The lowest BCUT2D eigenvalue weighted by Gasteiger charge is -2.14. The molecular formula is C36H24N2. The number of benzene rings is 6. The van der Waals surface area contributed by atoms with Gasteiger partial charge >= 0.3 is 0 Å². The van der Waals surface area contributed by atoms with Gasteiger partial charge in [0.25, 0.3) is 0 Å². The van der Waals surface area contributed by atoms with Crippen LogP contribution in [0.25, 0.3) is 66.1 Å². The van der Waals surface area contributed by atoms with E-state index in [0.29, 0.717) is 0 Å². The minimum Gasteiger partial charge on any atom is -0.309 e. The van der Waals surface area contributed by atoms with Gasteiger partial charge in [0.15, 0.2) is 0 Å². The molecule has 0 fully saturated rings. The van der Waals surface area contributed by atoms with Crippen LogP contribution in [-0.4, -0.2) is 9.13 Å². The van der Waals surface area contributed by atoms with Crippen LogP contribution in [0.3, 0.4) is 0 Å². The number of hydrogen-bond donors (Lipinski definition) is 0. The molecule has 0 aliphatic rings. The molecule has 0 aliphatic carbocycles. The fourth-order valence-corrected chi connectivity index (χ4v) is 6.14. The standard InChI is InChI=1S/C36H24N2/c1-3-13-25(14-4-1)27-17-7-10-20-31(27)38-33-22-12-9-19-30(33)35-34(38)24-23-29-28-18-8-11-21-32(28)37(36(29)35)26-15-5-2-6-16-26/h1-24H. The summed E-state index contributed by atoms with van der Waals surface area (Å²) in [7, 11) is 0. The van der Waals surface area contributed by atoms with E-state index in [1.54, 1.807) is 0 Å². The summed E-state index contributed by atoms with van der Waals surface area (Å²) in [5.41, 5.74) is 9.70. The fourth-order valence-electron chi connectivity index (χ4n) is 6.14. The second-order valence-electron chi connectivity index (χ2n) is 9.78. The Morgan fingerprint density at radius 3 is 1.76 bits per heavy atom. The predicted molar refractivity (Wildman–Crippen MR) is 161 cm³/mol. The second kappa shape index (κ2) is 8.22. The van der Waals surface area contributed by atoms with Crippen molar-refractivity contribution < 1.29 is 0 Å². The van der Waals surface area contributed by atoms with Crippen molar-refractivity contribution in [3.05, 3.63) is 146 Å². The first-order chi connectivity index (χ1) is 18.9. The van der Waals surface area contributed by atoms with Gasteiger partial charge in [-0.05, 0) is 42.0 Å². The SMILES string of the molecule is c1ccc(-c2ccccc2-n2c3ccccc3c3c2ccc2c4ccccc4n(-c4ccccc4)c23)cc1. The zero-order valence-electron chi connectivity index (χ0n) is 20.8. The molecule has 2 heterocycles. The fraction of sp³-hybridized carbons (Fsp3) is 0. The summed E-state index contributed by atoms with van der Waals surface area (Å²) in [5, 5.41) is 5.09. The molecule has 0 aliphatic heterocycles. The van der Waals surface area contributed by atoms with E-state index in [1.165, 1.54) is 66.1 Å². The molecule has 0 N–H and O–H groups in total. The Kier molecular flexibility index (Phi) is 4.55. The topological polar surface area (TPSA) is 9.86 Å². The Hall–Kier alpha value is -5.08. The Morgan fingerprint density at radius 1 is 0.368 bits per heavy atom. The molecule has 0 saturated carbocycles. The molecule has 0 unspecified atom stereocenters. The number of aromatic nitrogens is 2. The number of fused-ring (bicyclic) bond motifs is 7. The molecule has 2 nitrogen and oxygen atoms in total. The first kappa shape index (κ1) is 21.0. The van der Waals surface area contributed by atoms with Crippen molar-refractivity contribution in [2.45, 2.75) is 0 Å². The van der Waals surface area contributed by atoms with Crippen LogP contribution in [0.1, 0.15) is 0 Å². The van der Waals surface area contributed by atoms with E-state index >= 15 is 0 Å². The largest absolute Gasteiger partial charge is 0.309 e. The van der Waals surface area contributed by atoms with Crippen molar-refractivity contribution >= 4 is 43.6 Å². The molecule has 0 atom stereocenters. The van der Waals surface area contributed by atoms with Crippen LogP contribution in [0.15, 0.2) is 146 Å². The molecule has 0 saturated heterocycles. The van der Waals surface area contributed by atoms with Crippen LogP contribution in [0.4, 0.5) is 0 Å². The summed E-state index contributed by atoms with van der Waals surface area (Å²) in [4.78, 5) is 0. The van der Waals surface area contributed by atoms with E-state index in [1.807, 2.05) is 0 Å². The van der Waals surface area contributed by atoms with Gasteiger partial charge in [0.05, 0.1) is 27.8 Å². The third-order valence-corrected chi connectivity index (χ3v) is 7.71. The van der Waals surface area contributed by atoms with Crippen LogP contribution in [0.5, 0.6) is 0 Å². The lowest BCUT2D eigenvalue weighted by atomic mass is 10.0. The zero-order chi connectivity index (χ0) is 25.1. The Bertz CT molecular complexity index is 2110. The average Bonchev–Trinajstić information content (AvgIpc) is 3.51. The third-order valence-electron chi connectivity index (χ3n) is 7.71. The van der Waals surface area contributed by atoms with Crippen molar-refractivity contribution in [3.8, 4) is 22.5 Å². The van der Waals surface area contributed by atoms with Gasteiger partial charge in [0.2, 0.25) is 0 Å². The van der Waals surface area contributed by atoms with E-state index in [0.717, 1.165) is 0 Å². The number of nitrogens with zero attached hydrogens (tertiary/aromatic N) is 2. The molecule has 38 heavy (non-hydrogen) atoms. The van der Waals surface area contributed by atoms with Crippen molar-refractivity contribution in [3.63, 3.8) is 0 Å². The smallest absolute Gasteiger partial charge is 0.0641 e. The molecule has 178 valence electrons. The molecule has 0 bridgehead atoms. The molecule has 2 heteroatoms. The quantitative estimate of drug-likeness (QED) is 0.236. The lowest BCUT2D eigenvalue weighted by molar-refractivity contribution is 1.17. The van der Waals surface area contributed by atoms with E-state index in [4.69, 9.17) is 0 Å². The van der Waals surface area contributed by atoms with Crippen molar-refractivity contribution in [2.75, 3.05) is 0 Å². The highest BCUT2D eigenvalue weighted by molar-refractivity contribution is 6.26. The molecule has 8 aromatic rings. The number of para-hydroxylation sites is 4. The lowest BCUT2D eigenvalue weighted by Crippen LogP contribution is -1.97. The minimum atomic E-state index is 1.17. The van der Waals surface area contributed by atoms with Gasteiger partial charge in [-0.1, -0.05) is 109 Å². The molecular weight excluding hydrogens is 460 g/mol. The predicted octanol–water partition coefficient (Wildman–Crippen LogP) is 9.55. The first-order valence-corrected chi connectivity index (χ1v) is 13.1. The molecule has 2 aromatic heterocycles. The Labute approximate surface area is 220 Å². The van der Waals surface area contributed by atoms with Gasteiger partial charge in [0, 0.05) is 32.8 Å². The van der Waals surface area contributed by atoms with Crippen LogP contribution in [-0.2, 0) is 0 Å². The van der Waals surface area contributed by atoms with Crippen LogP contribution >= 0.6 is 0 Å². The summed E-state index contributed by atoms with van der Waals surface area (Å²) >= 11 is 0. The monoisotopic (exact) mass is 484 g/mol. The molecule has 0 spiro atoms. The van der Waals surface area contributed by atoms with E-state index in [2.05, 4.69) is 155 Å².